The highest BCUT2D eigenvalue weighted by Crippen LogP contribution is 2.28. The van der Waals surface area contributed by atoms with Crippen molar-refractivity contribution in [3.8, 4) is 11.3 Å². The van der Waals surface area contributed by atoms with Crippen LogP contribution in [-0.4, -0.2) is 28.5 Å². The Bertz CT molecular complexity index is 1060. The molecule has 2 aromatic heterocycles. The van der Waals surface area contributed by atoms with Crippen LogP contribution in [0.25, 0.3) is 11.3 Å². The van der Waals surface area contributed by atoms with Gasteiger partial charge in [0, 0.05) is 16.6 Å². The van der Waals surface area contributed by atoms with E-state index in [2.05, 4.69) is 15.3 Å². The van der Waals surface area contributed by atoms with Crippen molar-refractivity contribution in [2.45, 2.75) is 20.8 Å². The molecule has 3 rings (SSSR count). The van der Waals surface area contributed by atoms with Gasteiger partial charge in [-0.05, 0) is 44.5 Å². The summed E-state index contributed by atoms with van der Waals surface area (Å²) < 4.78 is 32.3. The number of H-pyrrole nitrogens is 1. The number of esters is 1. The quantitative estimate of drug-likeness (QED) is 0.614. The van der Waals surface area contributed by atoms with Crippen LogP contribution in [0.2, 0.25) is 0 Å². The van der Waals surface area contributed by atoms with Crippen molar-refractivity contribution in [2.24, 2.45) is 0 Å². The fourth-order valence-corrected chi connectivity index (χ4v) is 3.50. The van der Waals surface area contributed by atoms with Gasteiger partial charge in [0.25, 0.3) is 5.91 Å². The van der Waals surface area contributed by atoms with E-state index >= 15 is 0 Å². The van der Waals surface area contributed by atoms with Crippen molar-refractivity contribution in [3.63, 3.8) is 0 Å². The minimum Gasteiger partial charge on any atom is -0.462 e. The number of benzene rings is 1. The fourth-order valence-electron chi connectivity index (χ4n) is 2.79. The lowest BCUT2D eigenvalue weighted by atomic mass is 10.1. The van der Waals surface area contributed by atoms with Gasteiger partial charge in [0.1, 0.15) is 17.3 Å². The monoisotopic (exact) mass is 405 g/mol. The zero-order chi connectivity index (χ0) is 20.4. The van der Waals surface area contributed by atoms with Gasteiger partial charge in [0.2, 0.25) is 0 Å². The van der Waals surface area contributed by atoms with Crippen LogP contribution in [0.3, 0.4) is 0 Å². The number of thiazole rings is 1. The largest absolute Gasteiger partial charge is 0.462 e. The summed E-state index contributed by atoms with van der Waals surface area (Å²) in [7, 11) is 0. The molecule has 146 valence electrons. The molecule has 1 amide bonds. The summed E-state index contributed by atoms with van der Waals surface area (Å²) in [5.74, 6) is -2.21. The van der Waals surface area contributed by atoms with Crippen LogP contribution in [0.15, 0.2) is 23.6 Å². The van der Waals surface area contributed by atoms with E-state index in [1.54, 1.807) is 20.8 Å². The number of ether oxygens (including phenoxy) is 1. The minimum atomic E-state index is -0.612. The zero-order valence-electron chi connectivity index (χ0n) is 15.4. The number of aromatic nitrogens is 2. The molecule has 0 fully saturated rings. The van der Waals surface area contributed by atoms with Crippen LogP contribution in [0.1, 0.15) is 39.0 Å². The molecule has 0 saturated heterocycles. The molecule has 3 aromatic rings. The minimum absolute atomic E-state index is 0.00763. The number of nitrogens with zero attached hydrogens (tertiary/aromatic N) is 1. The molecular weight excluding hydrogens is 388 g/mol. The van der Waals surface area contributed by atoms with Crippen LogP contribution in [0, 0.1) is 25.5 Å². The number of aryl methyl sites for hydroxylation is 1. The smallest absolute Gasteiger partial charge is 0.340 e. The second-order valence-corrected chi connectivity index (χ2v) is 6.82. The first-order valence-electron chi connectivity index (χ1n) is 8.40. The van der Waals surface area contributed by atoms with E-state index in [1.165, 1.54) is 5.38 Å². The van der Waals surface area contributed by atoms with Gasteiger partial charge >= 0.3 is 5.97 Å². The number of hydrogen-bond acceptors (Lipinski definition) is 5. The van der Waals surface area contributed by atoms with E-state index in [0.717, 1.165) is 29.5 Å². The molecule has 0 aliphatic heterocycles. The molecule has 6 nitrogen and oxygen atoms in total. The Morgan fingerprint density at radius 2 is 2.04 bits per heavy atom. The Labute approximate surface area is 163 Å². The second kappa shape index (κ2) is 7.89. The molecule has 0 aliphatic rings. The zero-order valence-corrected chi connectivity index (χ0v) is 16.2. The van der Waals surface area contributed by atoms with Crippen LogP contribution in [-0.2, 0) is 4.74 Å². The Balaban J connectivity index is 1.83. The van der Waals surface area contributed by atoms with Gasteiger partial charge in [-0.2, -0.15) is 0 Å². The maximum Gasteiger partial charge on any atom is 0.340 e. The third-order valence-corrected chi connectivity index (χ3v) is 4.83. The van der Waals surface area contributed by atoms with Crippen LogP contribution in [0.5, 0.6) is 0 Å². The van der Waals surface area contributed by atoms with E-state index in [9.17, 15) is 18.4 Å². The normalized spacial score (nSPS) is 10.8. The van der Waals surface area contributed by atoms with Gasteiger partial charge in [-0.15, -0.1) is 11.3 Å². The molecular formula is C19H17F2N3O3S. The van der Waals surface area contributed by atoms with E-state index in [-0.39, 0.29) is 28.7 Å². The van der Waals surface area contributed by atoms with Crippen LogP contribution >= 0.6 is 11.3 Å². The van der Waals surface area contributed by atoms with Gasteiger partial charge in [0.05, 0.1) is 17.9 Å². The van der Waals surface area contributed by atoms with Crippen molar-refractivity contribution in [1.29, 1.82) is 0 Å². The number of nitrogens with one attached hydrogen (secondary N) is 2. The fraction of sp³-hybridized carbons (Fsp3) is 0.211. The van der Waals surface area contributed by atoms with Gasteiger partial charge in [-0.25, -0.2) is 18.6 Å². The summed E-state index contributed by atoms with van der Waals surface area (Å²) in [5, 5.41) is 4.34. The predicted octanol–water partition coefficient (Wildman–Crippen LogP) is 4.46. The lowest BCUT2D eigenvalue weighted by molar-refractivity contribution is 0.0525. The summed E-state index contributed by atoms with van der Waals surface area (Å²) in [6.07, 6.45) is 0. The molecule has 1 aromatic carbocycles. The Kier molecular flexibility index (Phi) is 5.55. The third kappa shape index (κ3) is 3.79. The molecule has 9 heteroatoms. The molecule has 0 bridgehead atoms. The highest BCUT2D eigenvalue weighted by Gasteiger charge is 2.23. The molecule has 0 atom stereocenters. The van der Waals surface area contributed by atoms with Crippen molar-refractivity contribution < 1.29 is 23.1 Å². The van der Waals surface area contributed by atoms with E-state index in [4.69, 9.17) is 4.74 Å². The molecule has 0 saturated carbocycles. The maximum absolute atomic E-state index is 13.9. The Hall–Kier alpha value is -3.07. The predicted molar refractivity (Wildman–Crippen MR) is 102 cm³/mol. The maximum atomic E-state index is 13.9. The average molecular weight is 405 g/mol. The summed E-state index contributed by atoms with van der Waals surface area (Å²) in [4.78, 5) is 31.7. The number of amides is 1. The molecule has 2 N–H and O–H groups in total. The van der Waals surface area contributed by atoms with Crippen molar-refractivity contribution >= 4 is 28.3 Å². The topological polar surface area (TPSA) is 84.1 Å². The van der Waals surface area contributed by atoms with E-state index in [1.807, 2.05) is 0 Å². The van der Waals surface area contributed by atoms with Gasteiger partial charge in [-0.1, -0.05) is 0 Å². The second-order valence-electron chi connectivity index (χ2n) is 5.96. The summed E-state index contributed by atoms with van der Waals surface area (Å²) >= 11 is 1.08. The average Bonchev–Trinajstić information content (AvgIpc) is 3.21. The highest BCUT2D eigenvalue weighted by molar-refractivity contribution is 7.14. The number of carbonyl (C=O) groups is 2. The van der Waals surface area contributed by atoms with Crippen molar-refractivity contribution in [1.82, 2.24) is 9.97 Å². The number of halogens is 2. The number of aromatic amines is 1. The van der Waals surface area contributed by atoms with Gasteiger partial charge < -0.3 is 9.72 Å². The van der Waals surface area contributed by atoms with E-state index in [0.29, 0.717) is 16.8 Å². The van der Waals surface area contributed by atoms with Crippen molar-refractivity contribution in [2.75, 3.05) is 11.9 Å². The number of hydrogen-bond donors (Lipinski definition) is 2. The Morgan fingerprint density at radius 1 is 1.29 bits per heavy atom. The molecule has 0 unspecified atom stereocenters. The summed E-state index contributed by atoms with van der Waals surface area (Å²) in [6, 6.07) is 3.08. The van der Waals surface area contributed by atoms with Crippen molar-refractivity contribution in [3.05, 3.63) is 57.7 Å². The molecule has 28 heavy (non-hydrogen) atoms. The highest BCUT2D eigenvalue weighted by atomic mass is 32.1. The lowest BCUT2D eigenvalue weighted by Gasteiger charge is -2.03. The SMILES string of the molecule is CCOC(=O)c1c(C)[nH]c(C(=O)Nc2nc(-c3cc(F)ccc3F)cs2)c1C. The van der Waals surface area contributed by atoms with Gasteiger partial charge in [0.15, 0.2) is 5.13 Å². The first-order chi connectivity index (χ1) is 13.3. The first-order valence-corrected chi connectivity index (χ1v) is 9.28. The van der Waals surface area contributed by atoms with E-state index < -0.39 is 23.5 Å². The molecule has 0 radical (unpaired) electrons. The molecule has 0 spiro atoms. The number of anilines is 1. The third-order valence-electron chi connectivity index (χ3n) is 4.07. The molecule has 0 aliphatic carbocycles. The standard InChI is InChI=1S/C19H17F2N3O3S/c1-4-27-18(26)15-9(2)16(22-10(15)3)17(25)24-19-23-14(8-28-19)12-7-11(20)5-6-13(12)21/h5-8,22H,4H2,1-3H3,(H,23,24,25). The summed E-state index contributed by atoms with van der Waals surface area (Å²) in [5.41, 5.74) is 1.71. The number of carbonyl (C=O) groups excluding carboxylic acids is 2. The summed E-state index contributed by atoms with van der Waals surface area (Å²) in [6.45, 7) is 5.23. The van der Waals surface area contributed by atoms with Crippen LogP contribution in [0.4, 0.5) is 13.9 Å². The molecule has 2 heterocycles. The Morgan fingerprint density at radius 3 is 2.75 bits per heavy atom. The first kappa shape index (κ1) is 19.7. The van der Waals surface area contributed by atoms with Crippen LogP contribution < -0.4 is 5.32 Å². The van der Waals surface area contributed by atoms with Gasteiger partial charge in [-0.3, -0.25) is 10.1 Å². The number of rotatable bonds is 5. The lowest BCUT2D eigenvalue weighted by Crippen LogP contribution is -2.14.